The van der Waals surface area contributed by atoms with E-state index in [0.717, 1.165) is 0 Å². The van der Waals surface area contributed by atoms with Gasteiger partial charge in [0.25, 0.3) is 0 Å². The van der Waals surface area contributed by atoms with E-state index in [9.17, 15) is 17.6 Å². The zero-order valence-corrected chi connectivity index (χ0v) is 10.4. The summed E-state index contributed by atoms with van der Waals surface area (Å²) in [5.74, 6) is -1.64. The van der Waals surface area contributed by atoms with Gasteiger partial charge in [-0.25, -0.2) is 17.5 Å². The van der Waals surface area contributed by atoms with Crippen LogP contribution in [0.25, 0.3) is 0 Å². The maximum absolute atomic E-state index is 12.6. The van der Waals surface area contributed by atoms with Crippen LogP contribution in [0.3, 0.4) is 0 Å². The van der Waals surface area contributed by atoms with E-state index < -0.39 is 21.8 Å². The topological polar surface area (TPSA) is 83.5 Å². The monoisotopic (exact) mass is 275 g/mol. The standard InChI is InChI=1S/C11H14FNO4S/c12-10-5-3-9(4-6-10)8-18(16,17)13-7-1-2-11(14)15/h3-6,13H,1-2,7-8H2,(H,14,15). The van der Waals surface area contributed by atoms with Crippen molar-refractivity contribution in [2.45, 2.75) is 18.6 Å². The van der Waals surface area contributed by atoms with Gasteiger partial charge in [0.15, 0.2) is 0 Å². The number of hydrogen-bond acceptors (Lipinski definition) is 3. The lowest BCUT2D eigenvalue weighted by atomic mass is 10.2. The Balaban J connectivity index is 2.44. The second kappa shape index (κ2) is 6.46. The summed E-state index contributed by atoms with van der Waals surface area (Å²) in [6, 6.07) is 5.17. The van der Waals surface area contributed by atoms with Crippen LogP contribution in [-0.2, 0) is 20.6 Å². The summed E-state index contributed by atoms with van der Waals surface area (Å²) in [5.41, 5.74) is 0.474. The van der Waals surface area contributed by atoms with E-state index in [0.29, 0.717) is 5.56 Å². The minimum absolute atomic E-state index is 0.0792. The molecule has 0 aliphatic carbocycles. The summed E-state index contributed by atoms with van der Waals surface area (Å²) in [6.07, 6.45) is 0.150. The lowest BCUT2D eigenvalue weighted by molar-refractivity contribution is -0.137. The van der Waals surface area contributed by atoms with Crippen LogP contribution in [0.4, 0.5) is 4.39 Å². The zero-order valence-electron chi connectivity index (χ0n) is 9.60. The van der Waals surface area contributed by atoms with Gasteiger partial charge in [-0.2, -0.15) is 0 Å². The number of carboxylic acid groups (broad SMARTS) is 1. The Hall–Kier alpha value is -1.47. The molecule has 1 rings (SSSR count). The van der Waals surface area contributed by atoms with Gasteiger partial charge in [-0.05, 0) is 24.1 Å². The lowest BCUT2D eigenvalue weighted by Crippen LogP contribution is -2.26. The number of halogens is 1. The van der Waals surface area contributed by atoms with Gasteiger partial charge >= 0.3 is 5.97 Å². The molecule has 0 atom stereocenters. The molecule has 0 radical (unpaired) electrons. The fraction of sp³-hybridized carbons (Fsp3) is 0.364. The number of rotatable bonds is 7. The van der Waals surface area contributed by atoms with E-state index in [-0.39, 0.29) is 25.1 Å². The third kappa shape index (κ3) is 5.74. The molecule has 2 N–H and O–H groups in total. The number of benzene rings is 1. The third-order valence-corrected chi connectivity index (χ3v) is 3.52. The van der Waals surface area contributed by atoms with Gasteiger partial charge in [0, 0.05) is 13.0 Å². The quantitative estimate of drug-likeness (QED) is 0.730. The van der Waals surface area contributed by atoms with Crippen molar-refractivity contribution >= 4 is 16.0 Å². The molecule has 18 heavy (non-hydrogen) atoms. The second-order valence-corrected chi connectivity index (χ2v) is 5.58. The molecule has 0 fully saturated rings. The third-order valence-electron chi connectivity index (χ3n) is 2.16. The van der Waals surface area contributed by atoms with Gasteiger partial charge in [0.05, 0.1) is 5.75 Å². The van der Waals surface area contributed by atoms with Gasteiger partial charge < -0.3 is 5.11 Å². The Morgan fingerprint density at radius 3 is 2.44 bits per heavy atom. The van der Waals surface area contributed by atoms with Gasteiger partial charge in [0.1, 0.15) is 5.82 Å². The smallest absolute Gasteiger partial charge is 0.303 e. The number of hydrogen-bond donors (Lipinski definition) is 2. The van der Waals surface area contributed by atoms with Gasteiger partial charge in [-0.1, -0.05) is 12.1 Å². The zero-order chi connectivity index (χ0) is 13.6. The normalized spacial score (nSPS) is 11.4. The molecular weight excluding hydrogens is 261 g/mol. The van der Waals surface area contributed by atoms with Gasteiger partial charge in [0.2, 0.25) is 10.0 Å². The predicted molar refractivity (Wildman–Crippen MR) is 63.9 cm³/mol. The first kappa shape index (κ1) is 14.6. The molecule has 0 bridgehead atoms. The van der Waals surface area contributed by atoms with Crippen LogP contribution in [0.1, 0.15) is 18.4 Å². The maximum atomic E-state index is 12.6. The van der Waals surface area contributed by atoms with Crippen LogP contribution < -0.4 is 4.72 Å². The molecule has 5 nitrogen and oxygen atoms in total. The van der Waals surface area contributed by atoms with Crippen LogP contribution in [0.5, 0.6) is 0 Å². The van der Waals surface area contributed by atoms with Gasteiger partial charge in [-0.15, -0.1) is 0 Å². The van der Waals surface area contributed by atoms with Crippen molar-refractivity contribution < 1.29 is 22.7 Å². The van der Waals surface area contributed by atoms with E-state index in [1.165, 1.54) is 24.3 Å². The predicted octanol–water partition coefficient (Wildman–Crippen LogP) is 1.11. The van der Waals surface area contributed by atoms with Crippen LogP contribution in [-0.4, -0.2) is 26.0 Å². The van der Waals surface area contributed by atoms with Crippen LogP contribution in [0.2, 0.25) is 0 Å². The highest BCUT2D eigenvalue weighted by molar-refractivity contribution is 7.88. The largest absolute Gasteiger partial charge is 0.481 e. The molecule has 0 heterocycles. The summed E-state index contributed by atoms with van der Waals surface area (Å²) < 4.78 is 38.1. The molecule has 0 unspecified atom stereocenters. The van der Waals surface area contributed by atoms with Gasteiger partial charge in [-0.3, -0.25) is 4.79 Å². The molecule has 0 saturated heterocycles. The average Bonchev–Trinajstić information content (AvgIpc) is 2.27. The van der Waals surface area contributed by atoms with E-state index in [1.54, 1.807) is 0 Å². The molecule has 0 amide bonds. The molecule has 0 aliphatic heterocycles. The first-order chi connectivity index (χ1) is 8.39. The van der Waals surface area contributed by atoms with E-state index in [1.807, 2.05) is 0 Å². The first-order valence-corrected chi connectivity index (χ1v) is 6.98. The lowest BCUT2D eigenvalue weighted by Gasteiger charge is -2.06. The second-order valence-electron chi connectivity index (χ2n) is 3.78. The molecule has 1 aromatic rings. The van der Waals surface area contributed by atoms with E-state index in [4.69, 9.17) is 5.11 Å². The molecule has 7 heteroatoms. The highest BCUT2D eigenvalue weighted by Gasteiger charge is 2.11. The summed E-state index contributed by atoms with van der Waals surface area (Å²) >= 11 is 0. The molecule has 100 valence electrons. The van der Waals surface area contributed by atoms with Crippen molar-refractivity contribution in [3.05, 3.63) is 35.6 Å². The minimum atomic E-state index is -3.51. The van der Waals surface area contributed by atoms with Crippen LogP contribution in [0.15, 0.2) is 24.3 Å². The molecule has 0 aliphatic rings. The molecule has 1 aromatic carbocycles. The number of carboxylic acids is 1. The summed E-state index contributed by atoms with van der Waals surface area (Å²) in [6.45, 7) is 0.0792. The maximum Gasteiger partial charge on any atom is 0.303 e. The number of aliphatic carboxylic acids is 1. The Morgan fingerprint density at radius 1 is 1.28 bits per heavy atom. The number of nitrogens with one attached hydrogen (secondary N) is 1. The molecule has 0 spiro atoms. The Kier molecular flexibility index (Phi) is 5.24. The highest BCUT2D eigenvalue weighted by Crippen LogP contribution is 2.06. The summed E-state index contributed by atoms with van der Waals surface area (Å²) in [5, 5.41) is 8.39. The summed E-state index contributed by atoms with van der Waals surface area (Å²) in [4.78, 5) is 10.2. The van der Waals surface area contributed by atoms with Crippen molar-refractivity contribution in [2.24, 2.45) is 0 Å². The highest BCUT2D eigenvalue weighted by atomic mass is 32.2. The first-order valence-electron chi connectivity index (χ1n) is 5.32. The Morgan fingerprint density at radius 2 is 1.89 bits per heavy atom. The van der Waals surface area contributed by atoms with Crippen molar-refractivity contribution in [1.82, 2.24) is 4.72 Å². The molecular formula is C11H14FNO4S. The van der Waals surface area contributed by atoms with Crippen LogP contribution in [0, 0.1) is 5.82 Å². The van der Waals surface area contributed by atoms with Crippen molar-refractivity contribution in [2.75, 3.05) is 6.54 Å². The SMILES string of the molecule is O=C(O)CCCNS(=O)(=O)Cc1ccc(F)cc1. The van der Waals surface area contributed by atoms with Crippen LogP contribution >= 0.6 is 0 Å². The van der Waals surface area contributed by atoms with E-state index in [2.05, 4.69) is 4.72 Å². The fourth-order valence-corrected chi connectivity index (χ4v) is 2.51. The Labute approximate surface area is 105 Å². The average molecular weight is 275 g/mol. The van der Waals surface area contributed by atoms with Crippen molar-refractivity contribution in [3.8, 4) is 0 Å². The summed E-state index contributed by atoms with van der Waals surface area (Å²) in [7, 11) is -3.51. The fourth-order valence-electron chi connectivity index (χ4n) is 1.32. The van der Waals surface area contributed by atoms with Crippen molar-refractivity contribution in [3.63, 3.8) is 0 Å². The minimum Gasteiger partial charge on any atom is -0.481 e. The molecule has 0 aromatic heterocycles. The molecule has 0 saturated carbocycles. The number of carbonyl (C=O) groups is 1. The Bertz CT molecular complexity index is 498. The number of sulfonamides is 1. The van der Waals surface area contributed by atoms with E-state index >= 15 is 0 Å². The van der Waals surface area contributed by atoms with Crippen molar-refractivity contribution in [1.29, 1.82) is 0 Å².